The minimum atomic E-state index is 0.510. The molecule has 0 bridgehead atoms. The van der Waals surface area contributed by atoms with Gasteiger partial charge in [0.15, 0.2) is 0 Å². The van der Waals surface area contributed by atoms with Crippen LogP contribution in [-0.2, 0) is 0 Å². The lowest BCUT2D eigenvalue weighted by Crippen LogP contribution is -2.52. The van der Waals surface area contributed by atoms with Crippen molar-refractivity contribution in [3.8, 4) is 0 Å². The largest absolute Gasteiger partial charge is 0.313 e. The van der Waals surface area contributed by atoms with Gasteiger partial charge in [-0.25, -0.2) is 0 Å². The maximum Gasteiger partial charge on any atom is 0.0170 e. The van der Waals surface area contributed by atoms with E-state index in [-0.39, 0.29) is 0 Å². The minimum Gasteiger partial charge on any atom is -0.313 e. The number of fused-ring (bicyclic) bond motifs is 5. The van der Waals surface area contributed by atoms with Crippen LogP contribution in [-0.4, -0.2) is 13.1 Å². The van der Waals surface area contributed by atoms with Crippen molar-refractivity contribution in [2.45, 2.75) is 92.4 Å². The van der Waals surface area contributed by atoms with E-state index in [1.807, 2.05) is 0 Å². The fraction of sp³-hybridized carbons (Fsp3) is 0.923. The van der Waals surface area contributed by atoms with Crippen molar-refractivity contribution in [3.63, 3.8) is 0 Å². The molecule has 0 aromatic rings. The van der Waals surface area contributed by atoms with E-state index in [0.29, 0.717) is 10.8 Å². The third-order valence-corrected chi connectivity index (χ3v) is 9.96. The van der Waals surface area contributed by atoms with Crippen LogP contribution in [0.5, 0.6) is 0 Å². The summed E-state index contributed by atoms with van der Waals surface area (Å²) in [6.07, 6.45) is 15.8. The lowest BCUT2D eigenvalue weighted by Gasteiger charge is -2.58. The summed E-state index contributed by atoms with van der Waals surface area (Å²) in [4.78, 5) is 0. The Morgan fingerprint density at radius 2 is 1.85 bits per heavy atom. The molecule has 4 rings (SSSR count). The maximum absolute atomic E-state index is 3.64. The number of hydrogen-bond acceptors (Lipinski definition) is 1. The molecule has 1 aliphatic heterocycles. The highest BCUT2D eigenvalue weighted by Crippen LogP contribution is 2.66. The molecule has 0 aromatic carbocycles. The molecule has 0 unspecified atom stereocenters. The van der Waals surface area contributed by atoms with Gasteiger partial charge in [-0.2, -0.15) is 0 Å². The van der Waals surface area contributed by atoms with Crippen LogP contribution in [0.1, 0.15) is 92.4 Å². The van der Waals surface area contributed by atoms with Crippen LogP contribution in [0.4, 0.5) is 0 Å². The van der Waals surface area contributed by atoms with Gasteiger partial charge in [-0.15, -0.1) is 0 Å². The van der Waals surface area contributed by atoms with Gasteiger partial charge >= 0.3 is 0 Å². The van der Waals surface area contributed by atoms with Crippen LogP contribution in [0.15, 0.2) is 11.6 Å². The molecule has 3 aliphatic carbocycles. The molecule has 154 valence electrons. The predicted molar refractivity (Wildman–Crippen MR) is 117 cm³/mol. The zero-order chi connectivity index (χ0) is 19.2. The first-order chi connectivity index (χ1) is 12.9. The second-order valence-corrected chi connectivity index (χ2v) is 11.7. The molecule has 1 N–H and O–H groups in total. The lowest BCUT2D eigenvalue weighted by molar-refractivity contribution is -0.0486. The second kappa shape index (κ2) is 7.51. The summed E-state index contributed by atoms with van der Waals surface area (Å²) in [6.45, 7) is 15.1. The van der Waals surface area contributed by atoms with E-state index in [2.05, 4.69) is 46.0 Å². The van der Waals surface area contributed by atoms with Gasteiger partial charge in [0.25, 0.3) is 0 Å². The zero-order valence-electron chi connectivity index (χ0n) is 18.8. The number of nitrogens with one attached hydrogen (secondary N) is 1. The first kappa shape index (κ1) is 20.0. The Labute approximate surface area is 169 Å². The Morgan fingerprint density at radius 1 is 1.04 bits per heavy atom. The molecule has 27 heavy (non-hydrogen) atoms. The lowest BCUT2D eigenvalue weighted by atomic mass is 9.48. The fourth-order valence-corrected chi connectivity index (χ4v) is 8.37. The predicted octanol–water partition coefficient (Wildman–Crippen LogP) is 6.84. The third-order valence-electron chi connectivity index (χ3n) is 9.96. The summed E-state index contributed by atoms with van der Waals surface area (Å²) in [5.74, 6) is 5.73. The number of allylic oxidation sites excluding steroid dienone is 1. The standard InChI is InChI=1S/C26H45N/c1-18(2)7-6-8-19(3)22-11-12-23-21-10-9-20-17-27-16-15-25(20,4)24(21)13-14-26(22,23)5/h9,18-19,21-24,27H,6-8,10-17H2,1-5H3/t19-,21+,22-,23+,24+,25+,26-/m1/s1. The zero-order valence-corrected chi connectivity index (χ0v) is 18.8. The molecule has 0 aromatic heterocycles. The number of rotatable bonds is 5. The normalized spacial score (nSPS) is 45.0. The summed E-state index contributed by atoms with van der Waals surface area (Å²) in [5.41, 5.74) is 2.90. The van der Waals surface area contributed by atoms with Gasteiger partial charge in [-0.3, -0.25) is 0 Å². The molecule has 7 atom stereocenters. The van der Waals surface area contributed by atoms with Gasteiger partial charge in [0.1, 0.15) is 0 Å². The highest BCUT2D eigenvalue weighted by molar-refractivity contribution is 5.25. The van der Waals surface area contributed by atoms with Gasteiger partial charge < -0.3 is 5.32 Å². The molecule has 3 fully saturated rings. The summed E-state index contributed by atoms with van der Waals surface area (Å²) in [7, 11) is 0. The van der Waals surface area contributed by atoms with Crippen molar-refractivity contribution in [3.05, 3.63) is 11.6 Å². The van der Waals surface area contributed by atoms with E-state index >= 15 is 0 Å². The van der Waals surface area contributed by atoms with E-state index in [1.165, 1.54) is 64.3 Å². The van der Waals surface area contributed by atoms with Crippen LogP contribution in [0.2, 0.25) is 0 Å². The van der Waals surface area contributed by atoms with E-state index < -0.39 is 0 Å². The van der Waals surface area contributed by atoms with Crippen molar-refractivity contribution in [2.75, 3.05) is 13.1 Å². The quantitative estimate of drug-likeness (QED) is 0.522. The van der Waals surface area contributed by atoms with Crippen molar-refractivity contribution < 1.29 is 0 Å². The summed E-state index contributed by atoms with van der Waals surface area (Å²) in [5, 5.41) is 3.64. The van der Waals surface area contributed by atoms with Gasteiger partial charge in [0.05, 0.1) is 0 Å². The molecule has 0 spiro atoms. The number of hydrogen-bond donors (Lipinski definition) is 1. The highest BCUT2D eigenvalue weighted by Gasteiger charge is 2.58. The van der Waals surface area contributed by atoms with Crippen molar-refractivity contribution in [1.29, 1.82) is 0 Å². The topological polar surface area (TPSA) is 12.0 Å². The summed E-state index contributed by atoms with van der Waals surface area (Å²) in [6, 6.07) is 0. The Hall–Kier alpha value is -0.300. The Balaban J connectivity index is 1.49. The summed E-state index contributed by atoms with van der Waals surface area (Å²) < 4.78 is 0. The van der Waals surface area contributed by atoms with E-state index in [1.54, 1.807) is 5.57 Å². The minimum absolute atomic E-state index is 0.510. The van der Waals surface area contributed by atoms with Crippen molar-refractivity contribution in [2.24, 2.45) is 46.3 Å². The van der Waals surface area contributed by atoms with Crippen molar-refractivity contribution >= 4 is 0 Å². The molecule has 1 heterocycles. The average Bonchev–Trinajstić information content (AvgIpc) is 2.98. The average molecular weight is 372 g/mol. The van der Waals surface area contributed by atoms with Crippen LogP contribution in [0.25, 0.3) is 0 Å². The molecule has 1 heteroatoms. The Kier molecular flexibility index (Phi) is 5.56. The second-order valence-electron chi connectivity index (χ2n) is 11.7. The van der Waals surface area contributed by atoms with E-state index in [9.17, 15) is 0 Å². The van der Waals surface area contributed by atoms with Gasteiger partial charge in [-0.05, 0) is 91.4 Å². The molecular formula is C26H45N. The first-order valence-corrected chi connectivity index (χ1v) is 12.3. The molecule has 0 amide bonds. The Morgan fingerprint density at radius 3 is 2.63 bits per heavy atom. The van der Waals surface area contributed by atoms with Crippen LogP contribution < -0.4 is 5.32 Å². The molecule has 1 saturated heterocycles. The van der Waals surface area contributed by atoms with Crippen LogP contribution in [0.3, 0.4) is 0 Å². The monoisotopic (exact) mass is 371 g/mol. The molecule has 2 saturated carbocycles. The van der Waals surface area contributed by atoms with E-state index in [4.69, 9.17) is 0 Å². The molecule has 0 radical (unpaired) electrons. The van der Waals surface area contributed by atoms with Gasteiger partial charge in [0, 0.05) is 6.54 Å². The Bertz CT molecular complexity index is 563. The number of piperidine rings is 1. The van der Waals surface area contributed by atoms with Crippen LogP contribution >= 0.6 is 0 Å². The van der Waals surface area contributed by atoms with Crippen molar-refractivity contribution in [1.82, 2.24) is 5.32 Å². The van der Waals surface area contributed by atoms with Gasteiger partial charge in [-0.1, -0.05) is 65.5 Å². The van der Waals surface area contributed by atoms with E-state index in [0.717, 1.165) is 42.1 Å². The van der Waals surface area contributed by atoms with Crippen LogP contribution in [0, 0.1) is 46.3 Å². The summed E-state index contributed by atoms with van der Waals surface area (Å²) >= 11 is 0. The third kappa shape index (κ3) is 3.34. The maximum atomic E-state index is 3.64. The fourth-order valence-electron chi connectivity index (χ4n) is 8.37. The first-order valence-electron chi connectivity index (χ1n) is 12.3. The molecular weight excluding hydrogens is 326 g/mol. The van der Waals surface area contributed by atoms with Gasteiger partial charge in [0.2, 0.25) is 0 Å². The molecule has 4 aliphatic rings. The molecule has 1 nitrogen and oxygen atoms in total. The highest BCUT2D eigenvalue weighted by atomic mass is 14.9. The smallest absolute Gasteiger partial charge is 0.0170 e. The SMILES string of the molecule is CC(C)CCC[C@@H](C)[C@H]1CC[C@H]2[C@@H]3CC=C4CNCC[C@]4(C)[C@H]3CC[C@]12C.